The highest BCUT2D eigenvalue weighted by Crippen LogP contribution is 2.24. The molecule has 0 radical (unpaired) electrons. The number of nitrogens with two attached hydrogens (primary N) is 1. The number of aromatic nitrogens is 1. The molecule has 1 fully saturated rings. The third-order valence-electron chi connectivity index (χ3n) is 4.29. The Kier molecular flexibility index (Phi) is 5.12. The van der Waals surface area contributed by atoms with Crippen molar-refractivity contribution in [2.45, 2.75) is 38.6 Å². The second kappa shape index (κ2) is 6.58. The van der Waals surface area contributed by atoms with Crippen molar-refractivity contribution in [1.82, 2.24) is 14.4 Å². The van der Waals surface area contributed by atoms with Gasteiger partial charge < -0.3 is 15.2 Å². The SMILES string of the molecule is Cc1noc(C)c1S(=O)(=O)N1CCN(C(=O)C(C)C(C)N)CC1. The van der Waals surface area contributed by atoms with Gasteiger partial charge in [-0.25, -0.2) is 8.42 Å². The van der Waals surface area contributed by atoms with Gasteiger partial charge in [-0.2, -0.15) is 4.31 Å². The third-order valence-corrected chi connectivity index (χ3v) is 6.44. The van der Waals surface area contributed by atoms with Gasteiger partial charge in [0.2, 0.25) is 15.9 Å². The Labute approximate surface area is 136 Å². The Hall–Kier alpha value is -1.45. The first-order valence-electron chi connectivity index (χ1n) is 7.63. The molecule has 130 valence electrons. The van der Waals surface area contributed by atoms with Crippen LogP contribution in [0.1, 0.15) is 25.3 Å². The zero-order chi connectivity index (χ0) is 17.4. The van der Waals surface area contributed by atoms with E-state index in [1.807, 2.05) is 0 Å². The molecular formula is C14H24N4O4S. The molecule has 9 heteroatoms. The number of nitrogens with zero attached hydrogens (tertiary/aromatic N) is 3. The van der Waals surface area contributed by atoms with Gasteiger partial charge in [-0.1, -0.05) is 12.1 Å². The number of piperazine rings is 1. The Morgan fingerprint density at radius 2 is 1.78 bits per heavy atom. The van der Waals surface area contributed by atoms with Crippen molar-refractivity contribution in [1.29, 1.82) is 0 Å². The van der Waals surface area contributed by atoms with E-state index in [9.17, 15) is 13.2 Å². The Morgan fingerprint density at radius 1 is 1.22 bits per heavy atom. The van der Waals surface area contributed by atoms with Crippen molar-refractivity contribution in [2.24, 2.45) is 11.7 Å². The quantitative estimate of drug-likeness (QED) is 0.830. The van der Waals surface area contributed by atoms with Crippen molar-refractivity contribution in [3.63, 3.8) is 0 Å². The van der Waals surface area contributed by atoms with Crippen LogP contribution in [-0.2, 0) is 14.8 Å². The van der Waals surface area contributed by atoms with E-state index in [2.05, 4.69) is 5.16 Å². The topological polar surface area (TPSA) is 110 Å². The smallest absolute Gasteiger partial charge is 0.248 e. The highest BCUT2D eigenvalue weighted by Gasteiger charge is 2.35. The summed E-state index contributed by atoms with van der Waals surface area (Å²) >= 11 is 0. The fourth-order valence-corrected chi connectivity index (χ4v) is 4.35. The number of carbonyl (C=O) groups is 1. The lowest BCUT2D eigenvalue weighted by molar-refractivity contribution is -0.136. The molecule has 2 atom stereocenters. The van der Waals surface area contributed by atoms with E-state index in [4.69, 9.17) is 10.3 Å². The highest BCUT2D eigenvalue weighted by molar-refractivity contribution is 7.89. The van der Waals surface area contributed by atoms with Crippen LogP contribution in [-0.4, -0.2) is 60.9 Å². The van der Waals surface area contributed by atoms with E-state index in [0.29, 0.717) is 18.8 Å². The molecule has 2 N–H and O–H groups in total. The van der Waals surface area contributed by atoms with E-state index in [0.717, 1.165) is 0 Å². The lowest BCUT2D eigenvalue weighted by Gasteiger charge is -2.35. The minimum Gasteiger partial charge on any atom is -0.360 e. The van der Waals surface area contributed by atoms with E-state index in [-0.39, 0.29) is 41.6 Å². The molecule has 0 spiro atoms. The molecule has 23 heavy (non-hydrogen) atoms. The second-order valence-electron chi connectivity index (χ2n) is 6.03. The molecule has 0 aliphatic carbocycles. The standard InChI is InChI=1S/C14H24N4O4S/c1-9(10(2)15)14(19)17-5-7-18(8-6-17)23(20,21)13-11(3)16-22-12(13)4/h9-10H,5-8,15H2,1-4H3. The summed E-state index contributed by atoms with van der Waals surface area (Å²) in [7, 11) is -3.65. The molecule has 0 saturated carbocycles. The normalized spacial score (nSPS) is 19.6. The van der Waals surface area contributed by atoms with Gasteiger partial charge in [0.1, 0.15) is 10.6 Å². The van der Waals surface area contributed by atoms with Gasteiger partial charge in [0, 0.05) is 32.2 Å². The summed E-state index contributed by atoms with van der Waals surface area (Å²) in [6.07, 6.45) is 0. The van der Waals surface area contributed by atoms with Gasteiger partial charge in [-0.15, -0.1) is 0 Å². The first-order valence-corrected chi connectivity index (χ1v) is 9.07. The van der Waals surface area contributed by atoms with Gasteiger partial charge in [-0.3, -0.25) is 4.79 Å². The average molecular weight is 344 g/mol. The highest BCUT2D eigenvalue weighted by atomic mass is 32.2. The summed E-state index contributed by atoms with van der Waals surface area (Å²) in [5.41, 5.74) is 6.12. The Morgan fingerprint density at radius 3 is 2.22 bits per heavy atom. The van der Waals surface area contributed by atoms with Crippen LogP contribution >= 0.6 is 0 Å². The van der Waals surface area contributed by atoms with Gasteiger partial charge in [0.05, 0.1) is 5.92 Å². The van der Waals surface area contributed by atoms with Crippen LogP contribution in [0.5, 0.6) is 0 Å². The fraction of sp³-hybridized carbons (Fsp3) is 0.714. The molecule has 2 heterocycles. The minimum absolute atomic E-state index is 0.0330. The van der Waals surface area contributed by atoms with Crippen molar-refractivity contribution in [2.75, 3.05) is 26.2 Å². The van der Waals surface area contributed by atoms with Crippen LogP contribution in [0.3, 0.4) is 0 Å². The average Bonchev–Trinajstić information content (AvgIpc) is 2.85. The zero-order valence-electron chi connectivity index (χ0n) is 13.9. The summed E-state index contributed by atoms with van der Waals surface area (Å²) in [6, 6.07) is -0.230. The van der Waals surface area contributed by atoms with E-state index in [1.54, 1.807) is 32.6 Å². The number of aryl methyl sites for hydroxylation is 2. The molecule has 1 aliphatic rings. The maximum atomic E-state index is 12.7. The molecule has 1 aliphatic heterocycles. The maximum absolute atomic E-state index is 12.7. The maximum Gasteiger partial charge on any atom is 0.248 e. The summed E-state index contributed by atoms with van der Waals surface area (Å²) in [4.78, 5) is 14.1. The molecule has 2 rings (SSSR count). The number of hydrogen-bond acceptors (Lipinski definition) is 6. The van der Waals surface area contributed by atoms with Crippen molar-refractivity contribution in [3.8, 4) is 0 Å². The zero-order valence-corrected chi connectivity index (χ0v) is 14.8. The van der Waals surface area contributed by atoms with Crippen LogP contribution in [0, 0.1) is 19.8 Å². The third kappa shape index (κ3) is 3.41. The molecule has 2 unspecified atom stereocenters. The van der Waals surface area contributed by atoms with Crippen molar-refractivity contribution in [3.05, 3.63) is 11.5 Å². The second-order valence-corrected chi connectivity index (χ2v) is 7.91. The summed E-state index contributed by atoms with van der Waals surface area (Å²) in [5, 5.41) is 3.70. The largest absolute Gasteiger partial charge is 0.360 e. The van der Waals surface area contributed by atoms with Crippen LogP contribution in [0.2, 0.25) is 0 Å². The number of carbonyl (C=O) groups excluding carboxylic acids is 1. The predicted molar refractivity (Wildman–Crippen MR) is 84.1 cm³/mol. The number of sulfonamides is 1. The first-order chi connectivity index (χ1) is 10.7. The molecule has 0 aromatic carbocycles. The Bertz CT molecular complexity index is 655. The van der Waals surface area contributed by atoms with Crippen LogP contribution in [0.25, 0.3) is 0 Å². The lowest BCUT2D eigenvalue weighted by Crippen LogP contribution is -2.53. The van der Waals surface area contributed by atoms with Crippen LogP contribution in [0.15, 0.2) is 9.42 Å². The monoisotopic (exact) mass is 344 g/mol. The van der Waals surface area contributed by atoms with Crippen LogP contribution < -0.4 is 5.73 Å². The molecule has 1 saturated heterocycles. The summed E-state index contributed by atoms with van der Waals surface area (Å²) in [5.74, 6) is -0.0262. The van der Waals surface area contributed by atoms with Gasteiger partial charge in [0.25, 0.3) is 0 Å². The van der Waals surface area contributed by atoms with Gasteiger partial charge in [-0.05, 0) is 20.8 Å². The fourth-order valence-electron chi connectivity index (χ4n) is 2.63. The summed E-state index contributed by atoms with van der Waals surface area (Å²) in [6.45, 7) is 8.00. The minimum atomic E-state index is -3.65. The Balaban J connectivity index is 2.09. The molecule has 1 aromatic rings. The lowest BCUT2D eigenvalue weighted by atomic mass is 10.0. The molecule has 0 bridgehead atoms. The molecule has 8 nitrogen and oxygen atoms in total. The first kappa shape index (κ1) is 17.9. The van der Waals surface area contributed by atoms with Crippen molar-refractivity contribution < 1.29 is 17.7 Å². The molecule has 1 aromatic heterocycles. The van der Waals surface area contributed by atoms with Gasteiger partial charge >= 0.3 is 0 Å². The molecular weight excluding hydrogens is 320 g/mol. The van der Waals surface area contributed by atoms with Crippen molar-refractivity contribution >= 4 is 15.9 Å². The molecule has 1 amide bonds. The summed E-state index contributed by atoms with van der Waals surface area (Å²) < 4.78 is 31.8. The van der Waals surface area contributed by atoms with E-state index < -0.39 is 10.0 Å². The number of amides is 1. The van der Waals surface area contributed by atoms with E-state index in [1.165, 1.54) is 4.31 Å². The number of rotatable bonds is 4. The van der Waals surface area contributed by atoms with Crippen LogP contribution in [0.4, 0.5) is 0 Å². The van der Waals surface area contributed by atoms with E-state index >= 15 is 0 Å². The predicted octanol–water partition coefficient (Wildman–Crippen LogP) is 0.108. The van der Waals surface area contributed by atoms with Gasteiger partial charge in [0.15, 0.2) is 5.76 Å². The number of hydrogen-bond donors (Lipinski definition) is 1.